The van der Waals surface area contributed by atoms with Crippen molar-refractivity contribution in [1.82, 2.24) is 14.9 Å². The molecule has 4 rings (SSSR count). The van der Waals surface area contributed by atoms with Crippen molar-refractivity contribution in [3.63, 3.8) is 0 Å². The molecule has 3 heterocycles. The van der Waals surface area contributed by atoms with E-state index in [1.54, 1.807) is 73.3 Å². The summed E-state index contributed by atoms with van der Waals surface area (Å²) in [5.74, 6) is -1.11. The van der Waals surface area contributed by atoms with Gasteiger partial charge in [0.15, 0.2) is 0 Å². The Bertz CT molecular complexity index is 1110. The summed E-state index contributed by atoms with van der Waals surface area (Å²) in [7, 11) is 1.52. The van der Waals surface area contributed by atoms with Crippen molar-refractivity contribution in [3.05, 3.63) is 95.6 Å². The lowest BCUT2D eigenvalue weighted by atomic mass is 9.96. The lowest BCUT2D eigenvalue weighted by Crippen LogP contribution is -2.29. The van der Waals surface area contributed by atoms with Crippen molar-refractivity contribution in [3.8, 4) is 5.75 Å². The van der Waals surface area contributed by atoms with Gasteiger partial charge < -0.3 is 14.7 Å². The Morgan fingerprint density at radius 2 is 1.70 bits per heavy atom. The van der Waals surface area contributed by atoms with Crippen LogP contribution in [-0.4, -0.2) is 38.8 Å². The average molecular weight is 401 g/mol. The topological polar surface area (TPSA) is 92.6 Å². The Hall–Kier alpha value is -4.00. The lowest BCUT2D eigenvalue weighted by Gasteiger charge is -2.25. The number of aliphatic hydroxyl groups excluding tert-OH is 1. The summed E-state index contributed by atoms with van der Waals surface area (Å²) in [5, 5.41) is 11.0. The number of ketones is 1. The van der Waals surface area contributed by atoms with E-state index in [0.29, 0.717) is 16.9 Å². The maximum absolute atomic E-state index is 13.0. The highest BCUT2D eigenvalue weighted by atomic mass is 16.5. The fourth-order valence-corrected chi connectivity index (χ4v) is 3.55. The fourth-order valence-electron chi connectivity index (χ4n) is 3.55. The van der Waals surface area contributed by atoms with E-state index in [2.05, 4.69) is 9.97 Å². The number of pyridine rings is 2. The SMILES string of the molecule is COc1cccc(/C(O)=C2/C(=O)C(=O)N(Cc3ccncc3)C2c2ccncc2)c1. The predicted molar refractivity (Wildman–Crippen MR) is 109 cm³/mol. The molecule has 0 spiro atoms. The summed E-state index contributed by atoms with van der Waals surface area (Å²) in [6.07, 6.45) is 6.44. The van der Waals surface area contributed by atoms with Gasteiger partial charge in [-0.2, -0.15) is 0 Å². The fraction of sp³-hybridized carbons (Fsp3) is 0.130. The Morgan fingerprint density at radius 3 is 2.37 bits per heavy atom. The first-order valence-corrected chi connectivity index (χ1v) is 9.32. The highest BCUT2D eigenvalue weighted by Gasteiger charge is 2.46. The number of nitrogens with zero attached hydrogens (tertiary/aromatic N) is 3. The molecular weight excluding hydrogens is 382 g/mol. The number of amides is 1. The second-order valence-electron chi connectivity index (χ2n) is 6.79. The number of hydrogen-bond donors (Lipinski definition) is 1. The molecular formula is C23H19N3O4. The van der Waals surface area contributed by atoms with Crippen LogP contribution in [0.5, 0.6) is 5.75 Å². The van der Waals surface area contributed by atoms with E-state index in [1.807, 2.05) is 0 Å². The van der Waals surface area contributed by atoms with Crippen LogP contribution >= 0.6 is 0 Å². The van der Waals surface area contributed by atoms with Gasteiger partial charge in [-0.15, -0.1) is 0 Å². The van der Waals surface area contributed by atoms with Crippen molar-refractivity contribution in [2.24, 2.45) is 0 Å². The molecule has 0 bridgehead atoms. The second kappa shape index (κ2) is 8.16. The predicted octanol–water partition coefficient (Wildman–Crippen LogP) is 3.11. The molecule has 7 heteroatoms. The number of aromatic nitrogens is 2. The van der Waals surface area contributed by atoms with E-state index < -0.39 is 17.7 Å². The van der Waals surface area contributed by atoms with Crippen molar-refractivity contribution < 1.29 is 19.4 Å². The molecule has 1 atom stereocenters. The number of likely N-dealkylation sites (tertiary alicyclic amines) is 1. The zero-order valence-corrected chi connectivity index (χ0v) is 16.2. The lowest BCUT2D eigenvalue weighted by molar-refractivity contribution is -0.140. The molecule has 1 aromatic carbocycles. The monoisotopic (exact) mass is 401 g/mol. The Balaban J connectivity index is 1.85. The first-order valence-electron chi connectivity index (χ1n) is 9.32. The van der Waals surface area contributed by atoms with Gasteiger partial charge in [-0.3, -0.25) is 19.6 Å². The van der Waals surface area contributed by atoms with Crippen molar-refractivity contribution in [1.29, 1.82) is 0 Å². The minimum atomic E-state index is -0.743. The van der Waals surface area contributed by atoms with Crippen LogP contribution in [0, 0.1) is 0 Å². The maximum atomic E-state index is 13.0. The molecule has 150 valence electrons. The minimum absolute atomic E-state index is 0.0357. The first kappa shape index (κ1) is 19.3. The molecule has 0 radical (unpaired) electrons. The van der Waals surface area contributed by atoms with Gasteiger partial charge in [0.2, 0.25) is 0 Å². The summed E-state index contributed by atoms with van der Waals surface area (Å²) in [5.41, 5.74) is 1.94. The number of hydrogen-bond acceptors (Lipinski definition) is 6. The van der Waals surface area contributed by atoms with Crippen LogP contribution in [0.15, 0.2) is 78.9 Å². The van der Waals surface area contributed by atoms with Crippen LogP contribution < -0.4 is 4.74 Å². The van der Waals surface area contributed by atoms with E-state index >= 15 is 0 Å². The molecule has 3 aromatic rings. The quantitative estimate of drug-likeness (QED) is 0.401. The second-order valence-corrected chi connectivity index (χ2v) is 6.79. The summed E-state index contributed by atoms with van der Waals surface area (Å²) in [4.78, 5) is 35.4. The molecule has 2 aromatic heterocycles. The van der Waals surface area contributed by atoms with Crippen LogP contribution in [0.25, 0.3) is 5.76 Å². The zero-order chi connectivity index (χ0) is 21.1. The third-order valence-electron chi connectivity index (χ3n) is 5.01. The van der Waals surface area contributed by atoms with Gasteiger partial charge in [-0.05, 0) is 47.5 Å². The third kappa shape index (κ3) is 3.53. The number of ether oxygens (including phenoxy) is 1. The normalized spacial score (nSPS) is 17.9. The molecule has 1 saturated heterocycles. The Labute approximate surface area is 173 Å². The smallest absolute Gasteiger partial charge is 0.295 e. The highest BCUT2D eigenvalue weighted by Crippen LogP contribution is 2.40. The largest absolute Gasteiger partial charge is 0.507 e. The van der Waals surface area contributed by atoms with Crippen LogP contribution in [0.2, 0.25) is 0 Å². The van der Waals surface area contributed by atoms with Gasteiger partial charge in [-0.25, -0.2) is 0 Å². The number of benzene rings is 1. The van der Waals surface area contributed by atoms with Crippen LogP contribution in [0.1, 0.15) is 22.7 Å². The van der Waals surface area contributed by atoms with Gasteiger partial charge >= 0.3 is 0 Å². The minimum Gasteiger partial charge on any atom is -0.507 e. The van der Waals surface area contributed by atoms with Gasteiger partial charge in [-0.1, -0.05) is 12.1 Å². The molecule has 0 aliphatic carbocycles. The van der Waals surface area contributed by atoms with E-state index in [4.69, 9.17) is 4.74 Å². The first-order chi connectivity index (χ1) is 14.6. The molecule has 1 unspecified atom stereocenters. The maximum Gasteiger partial charge on any atom is 0.295 e. The van der Waals surface area contributed by atoms with E-state index in [0.717, 1.165) is 5.56 Å². The molecule has 0 saturated carbocycles. The van der Waals surface area contributed by atoms with Gasteiger partial charge in [0, 0.05) is 36.9 Å². The number of carbonyl (C=O) groups excluding carboxylic acids is 2. The zero-order valence-electron chi connectivity index (χ0n) is 16.2. The molecule has 1 amide bonds. The Morgan fingerprint density at radius 1 is 1.03 bits per heavy atom. The molecule has 1 fully saturated rings. The molecule has 1 aliphatic rings. The van der Waals surface area contributed by atoms with E-state index in [9.17, 15) is 14.7 Å². The third-order valence-corrected chi connectivity index (χ3v) is 5.01. The standard InChI is InChI=1S/C23H19N3O4/c1-30-18-4-2-3-17(13-18)21(27)19-20(16-7-11-25-12-8-16)26(23(29)22(19)28)14-15-5-9-24-10-6-15/h2-13,20,27H,14H2,1H3/b21-19-. The highest BCUT2D eigenvalue weighted by molar-refractivity contribution is 6.46. The Kier molecular flexibility index (Phi) is 5.26. The number of Topliss-reactive ketones (excluding diaryl/α,β-unsaturated/α-hetero) is 1. The van der Waals surface area contributed by atoms with Crippen LogP contribution in [0.3, 0.4) is 0 Å². The summed E-state index contributed by atoms with van der Waals surface area (Å²) in [6, 6.07) is 13.0. The average Bonchev–Trinajstić information content (AvgIpc) is 3.05. The summed E-state index contributed by atoms with van der Waals surface area (Å²) >= 11 is 0. The number of aliphatic hydroxyl groups is 1. The van der Waals surface area contributed by atoms with E-state index in [-0.39, 0.29) is 17.9 Å². The van der Waals surface area contributed by atoms with Crippen molar-refractivity contribution in [2.75, 3.05) is 7.11 Å². The van der Waals surface area contributed by atoms with Gasteiger partial charge in [0.25, 0.3) is 11.7 Å². The van der Waals surface area contributed by atoms with Gasteiger partial charge in [0.1, 0.15) is 11.5 Å². The van der Waals surface area contributed by atoms with Crippen LogP contribution in [0.4, 0.5) is 0 Å². The number of carbonyl (C=O) groups is 2. The van der Waals surface area contributed by atoms with Gasteiger partial charge in [0.05, 0.1) is 18.7 Å². The van der Waals surface area contributed by atoms with Crippen LogP contribution in [-0.2, 0) is 16.1 Å². The summed E-state index contributed by atoms with van der Waals surface area (Å²) in [6.45, 7) is 0.203. The van der Waals surface area contributed by atoms with E-state index in [1.165, 1.54) is 12.0 Å². The number of methoxy groups -OCH3 is 1. The number of rotatable bonds is 5. The molecule has 30 heavy (non-hydrogen) atoms. The summed E-state index contributed by atoms with van der Waals surface area (Å²) < 4.78 is 5.22. The van der Waals surface area contributed by atoms with Crippen molar-refractivity contribution in [2.45, 2.75) is 12.6 Å². The molecule has 1 aliphatic heterocycles. The molecule has 7 nitrogen and oxygen atoms in total. The van der Waals surface area contributed by atoms with Crippen molar-refractivity contribution >= 4 is 17.4 Å². The molecule has 1 N–H and O–H groups in total.